The zero-order valence-corrected chi connectivity index (χ0v) is 7.45. The molecule has 4 heteroatoms. The van der Waals surface area contributed by atoms with Crippen LogP contribution in [0.15, 0.2) is 12.2 Å². The molecule has 0 spiro atoms. The molecular weight excluding hydrogens is 158 g/mol. The SMILES string of the molecule is C=C(CCC(O)N(C)C)C(=O)O. The standard InChI is InChI=1S/C8H15NO3/c1-6(8(11)12)4-5-7(10)9(2)3/h7,10H,1,4-5H2,2-3H3,(H,11,12). The minimum Gasteiger partial charge on any atom is -0.478 e. The Balaban J connectivity index is 3.69. The lowest BCUT2D eigenvalue weighted by Gasteiger charge is -2.17. The number of nitrogens with zero attached hydrogens (tertiary/aromatic N) is 1. The first-order valence-corrected chi connectivity index (χ1v) is 3.70. The van der Waals surface area contributed by atoms with Gasteiger partial charge in [-0.1, -0.05) is 6.58 Å². The van der Waals surface area contributed by atoms with Crippen LogP contribution < -0.4 is 0 Å². The molecule has 12 heavy (non-hydrogen) atoms. The smallest absolute Gasteiger partial charge is 0.330 e. The molecule has 0 aromatic carbocycles. The fourth-order valence-electron chi connectivity index (χ4n) is 0.668. The van der Waals surface area contributed by atoms with E-state index in [9.17, 15) is 9.90 Å². The average Bonchev–Trinajstić information content (AvgIpc) is 1.98. The fourth-order valence-corrected chi connectivity index (χ4v) is 0.668. The van der Waals surface area contributed by atoms with Crippen LogP contribution in [-0.4, -0.2) is 41.4 Å². The summed E-state index contributed by atoms with van der Waals surface area (Å²) in [6.07, 6.45) is 0.119. The van der Waals surface area contributed by atoms with Crippen molar-refractivity contribution in [2.24, 2.45) is 0 Å². The van der Waals surface area contributed by atoms with Crippen LogP contribution >= 0.6 is 0 Å². The molecule has 0 amide bonds. The van der Waals surface area contributed by atoms with Gasteiger partial charge in [-0.3, -0.25) is 4.90 Å². The first kappa shape index (κ1) is 11.1. The Labute approximate surface area is 72.1 Å². The molecule has 0 aliphatic rings. The van der Waals surface area contributed by atoms with Crippen molar-refractivity contribution in [2.75, 3.05) is 14.1 Å². The number of carboxylic acid groups (broad SMARTS) is 1. The molecule has 1 unspecified atom stereocenters. The van der Waals surface area contributed by atoms with E-state index in [-0.39, 0.29) is 5.57 Å². The summed E-state index contributed by atoms with van der Waals surface area (Å²) < 4.78 is 0. The zero-order valence-electron chi connectivity index (χ0n) is 7.45. The third-order valence-electron chi connectivity index (χ3n) is 1.60. The highest BCUT2D eigenvalue weighted by Gasteiger charge is 2.09. The van der Waals surface area contributed by atoms with Gasteiger partial charge in [-0.2, -0.15) is 0 Å². The van der Waals surface area contributed by atoms with Gasteiger partial charge in [0.15, 0.2) is 0 Å². The predicted octanol–water partition coefficient (Wildman–Crippen LogP) is 0.287. The van der Waals surface area contributed by atoms with Crippen molar-refractivity contribution < 1.29 is 15.0 Å². The van der Waals surface area contributed by atoms with Gasteiger partial charge in [0.05, 0.1) is 0 Å². The average molecular weight is 173 g/mol. The van der Waals surface area contributed by atoms with Crippen molar-refractivity contribution in [3.05, 3.63) is 12.2 Å². The van der Waals surface area contributed by atoms with Crippen LogP contribution in [0, 0.1) is 0 Å². The quantitative estimate of drug-likeness (QED) is 0.463. The molecule has 0 saturated heterocycles. The second-order valence-corrected chi connectivity index (χ2v) is 2.89. The number of hydrogen-bond donors (Lipinski definition) is 2. The summed E-state index contributed by atoms with van der Waals surface area (Å²) in [5.74, 6) is -0.999. The Morgan fingerprint density at radius 1 is 1.58 bits per heavy atom. The summed E-state index contributed by atoms with van der Waals surface area (Å²) in [4.78, 5) is 11.9. The van der Waals surface area contributed by atoms with E-state index in [0.29, 0.717) is 12.8 Å². The van der Waals surface area contributed by atoms with Gasteiger partial charge in [0.25, 0.3) is 0 Å². The summed E-state index contributed by atoms with van der Waals surface area (Å²) in [5, 5.41) is 17.7. The molecule has 1 atom stereocenters. The summed E-state index contributed by atoms with van der Waals surface area (Å²) in [6.45, 7) is 3.36. The summed E-state index contributed by atoms with van der Waals surface area (Å²) >= 11 is 0. The first-order valence-electron chi connectivity index (χ1n) is 3.70. The topological polar surface area (TPSA) is 60.8 Å². The van der Waals surface area contributed by atoms with Crippen LogP contribution in [0.2, 0.25) is 0 Å². The Morgan fingerprint density at radius 3 is 2.42 bits per heavy atom. The van der Waals surface area contributed by atoms with Gasteiger partial charge in [-0.25, -0.2) is 4.79 Å². The lowest BCUT2D eigenvalue weighted by atomic mass is 10.1. The van der Waals surface area contributed by atoms with E-state index in [1.165, 1.54) is 0 Å². The van der Waals surface area contributed by atoms with Crippen molar-refractivity contribution in [1.29, 1.82) is 0 Å². The predicted molar refractivity (Wildman–Crippen MR) is 45.7 cm³/mol. The minimum atomic E-state index is -0.999. The lowest BCUT2D eigenvalue weighted by Crippen LogP contribution is -2.27. The molecule has 0 bridgehead atoms. The monoisotopic (exact) mass is 173 g/mol. The number of aliphatic carboxylic acids is 1. The molecule has 0 aromatic heterocycles. The molecule has 0 rings (SSSR count). The van der Waals surface area contributed by atoms with E-state index in [4.69, 9.17) is 5.11 Å². The third-order valence-corrected chi connectivity index (χ3v) is 1.60. The van der Waals surface area contributed by atoms with Crippen molar-refractivity contribution in [3.8, 4) is 0 Å². The van der Waals surface area contributed by atoms with Gasteiger partial charge in [-0.15, -0.1) is 0 Å². The molecular formula is C8H15NO3. The van der Waals surface area contributed by atoms with Gasteiger partial charge >= 0.3 is 5.97 Å². The van der Waals surface area contributed by atoms with E-state index < -0.39 is 12.2 Å². The molecule has 70 valence electrons. The van der Waals surface area contributed by atoms with Crippen molar-refractivity contribution >= 4 is 5.97 Å². The van der Waals surface area contributed by atoms with Crippen LogP contribution in [0.3, 0.4) is 0 Å². The molecule has 2 N–H and O–H groups in total. The highest BCUT2D eigenvalue weighted by atomic mass is 16.4. The second-order valence-electron chi connectivity index (χ2n) is 2.89. The second kappa shape index (κ2) is 4.90. The van der Waals surface area contributed by atoms with E-state index in [2.05, 4.69) is 6.58 Å². The minimum absolute atomic E-state index is 0.135. The van der Waals surface area contributed by atoms with E-state index in [1.807, 2.05) is 0 Å². The maximum Gasteiger partial charge on any atom is 0.330 e. The molecule has 0 heterocycles. The normalized spacial score (nSPS) is 13.0. The molecule has 0 saturated carbocycles. The van der Waals surface area contributed by atoms with E-state index in [0.717, 1.165) is 0 Å². The van der Waals surface area contributed by atoms with Gasteiger partial charge in [0, 0.05) is 5.57 Å². The highest BCUT2D eigenvalue weighted by molar-refractivity contribution is 5.85. The zero-order chi connectivity index (χ0) is 9.72. The number of carbonyl (C=O) groups is 1. The Kier molecular flexibility index (Phi) is 4.54. The van der Waals surface area contributed by atoms with Crippen LogP contribution in [0.5, 0.6) is 0 Å². The molecule has 0 aliphatic carbocycles. The molecule has 0 fully saturated rings. The molecule has 0 aromatic rings. The van der Waals surface area contributed by atoms with E-state index >= 15 is 0 Å². The molecule has 0 aliphatic heterocycles. The van der Waals surface area contributed by atoms with Crippen molar-refractivity contribution in [3.63, 3.8) is 0 Å². The van der Waals surface area contributed by atoms with Crippen LogP contribution in [0.4, 0.5) is 0 Å². The number of carboxylic acids is 1. The highest BCUT2D eigenvalue weighted by Crippen LogP contribution is 2.06. The number of aliphatic hydroxyl groups is 1. The maximum absolute atomic E-state index is 10.3. The summed E-state index contributed by atoms with van der Waals surface area (Å²) in [5.41, 5.74) is 0.135. The molecule has 4 nitrogen and oxygen atoms in total. The Bertz CT molecular complexity index is 177. The Morgan fingerprint density at radius 2 is 2.08 bits per heavy atom. The van der Waals surface area contributed by atoms with E-state index in [1.54, 1.807) is 19.0 Å². The van der Waals surface area contributed by atoms with Gasteiger partial charge in [0.1, 0.15) is 6.23 Å². The van der Waals surface area contributed by atoms with Crippen molar-refractivity contribution in [1.82, 2.24) is 4.90 Å². The first-order chi connectivity index (χ1) is 5.45. The van der Waals surface area contributed by atoms with Gasteiger partial charge in [0.2, 0.25) is 0 Å². The third kappa shape index (κ3) is 4.10. The number of aliphatic hydroxyl groups excluding tert-OH is 1. The summed E-state index contributed by atoms with van der Waals surface area (Å²) in [6, 6.07) is 0. The lowest BCUT2D eigenvalue weighted by molar-refractivity contribution is -0.132. The fraction of sp³-hybridized carbons (Fsp3) is 0.625. The molecule has 0 radical (unpaired) electrons. The largest absolute Gasteiger partial charge is 0.478 e. The number of hydrogen-bond acceptors (Lipinski definition) is 3. The maximum atomic E-state index is 10.3. The van der Waals surface area contributed by atoms with Gasteiger partial charge < -0.3 is 10.2 Å². The Hall–Kier alpha value is -0.870. The number of rotatable bonds is 5. The van der Waals surface area contributed by atoms with Crippen LogP contribution in [0.1, 0.15) is 12.8 Å². The van der Waals surface area contributed by atoms with Crippen LogP contribution in [0.25, 0.3) is 0 Å². The van der Waals surface area contributed by atoms with Crippen LogP contribution in [-0.2, 0) is 4.79 Å². The summed E-state index contributed by atoms with van der Waals surface area (Å²) in [7, 11) is 3.46. The van der Waals surface area contributed by atoms with Crippen molar-refractivity contribution in [2.45, 2.75) is 19.1 Å². The van der Waals surface area contributed by atoms with Gasteiger partial charge in [-0.05, 0) is 26.9 Å².